The van der Waals surface area contributed by atoms with Gasteiger partial charge in [0.2, 0.25) is 0 Å². The second kappa shape index (κ2) is 13.1. The van der Waals surface area contributed by atoms with Crippen molar-refractivity contribution < 1.29 is 14.6 Å². The van der Waals surface area contributed by atoms with Gasteiger partial charge in [0.1, 0.15) is 6.17 Å². The molecule has 0 aliphatic carbocycles. The van der Waals surface area contributed by atoms with Crippen LogP contribution in [0.5, 0.6) is 0 Å². The Labute approximate surface area is 144 Å². The molecule has 4 heteroatoms. The molecule has 1 atom stereocenters. The first kappa shape index (κ1) is 27.6. The number of aliphatic hydroxyl groups is 2. The standard InChI is InChI=1S/C15H32FNO2.2C2H6/c1-13(2,3)9-14(4,5)7-6-12(16)8-15(17,10-18)11-19;2*1-2/h12,18-19H,6-11,17H2,1-5H3;2*1-2H3. The molecule has 0 spiro atoms. The summed E-state index contributed by atoms with van der Waals surface area (Å²) in [5.41, 5.74) is 4.80. The number of rotatable bonds is 8. The van der Waals surface area contributed by atoms with Crippen molar-refractivity contribution in [2.24, 2.45) is 16.6 Å². The molecule has 0 aliphatic rings. The Bertz CT molecular complexity index is 259. The molecule has 0 aliphatic heterocycles. The molecule has 0 saturated heterocycles. The highest BCUT2D eigenvalue weighted by Crippen LogP contribution is 2.37. The fourth-order valence-electron chi connectivity index (χ4n) is 2.79. The van der Waals surface area contributed by atoms with E-state index in [4.69, 9.17) is 15.9 Å². The van der Waals surface area contributed by atoms with Crippen molar-refractivity contribution in [1.29, 1.82) is 0 Å². The van der Waals surface area contributed by atoms with E-state index in [9.17, 15) is 4.39 Å². The summed E-state index contributed by atoms with van der Waals surface area (Å²) in [4.78, 5) is 0. The van der Waals surface area contributed by atoms with Gasteiger partial charge in [-0.1, -0.05) is 62.3 Å². The van der Waals surface area contributed by atoms with Crippen LogP contribution >= 0.6 is 0 Å². The van der Waals surface area contributed by atoms with Crippen LogP contribution in [0.4, 0.5) is 4.39 Å². The second-order valence-corrected chi connectivity index (χ2v) is 7.92. The topological polar surface area (TPSA) is 66.5 Å². The lowest BCUT2D eigenvalue weighted by atomic mass is 9.73. The monoisotopic (exact) mass is 337 g/mol. The van der Waals surface area contributed by atoms with Crippen molar-refractivity contribution in [2.45, 2.75) is 99.7 Å². The molecule has 0 bridgehead atoms. The van der Waals surface area contributed by atoms with E-state index in [0.717, 1.165) is 12.8 Å². The van der Waals surface area contributed by atoms with E-state index in [-0.39, 0.29) is 17.3 Å². The van der Waals surface area contributed by atoms with Crippen LogP contribution in [-0.4, -0.2) is 35.1 Å². The summed E-state index contributed by atoms with van der Waals surface area (Å²) in [6.07, 6.45) is 1.15. The maximum absolute atomic E-state index is 13.9. The lowest BCUT2D eigenvalue weighted by Gasteiger charge is -2.33. The Hall–Kier alpha value is -0.190. The summed E-state index contributed by atoms with van der Waals surface area (Å²) < 4.78 is 13.9. The number of hydrogen-bond acceptors (Lipinski definition) is 3. The minimum absolute atomic E-state index is 0.00555. The maximum Gasteiger partial charge on any atom is 0.102 e. The molecule has 0 amide bonds. The zero-order valence-electron chi connectivity index (χ0n) is 17.2. The van der Waals surface area contributed by atoms with E-state index in [2.05, 4.69) is 34.6 Å². The number of nitrogens with two attached hydrogens (primary N) is 1. The van der Waals surface area contributed by atoms with Crippen molar-refractivity contribution >= 4 is 0 Å². The molecule has 4 N–H and O–H groups in total. The molecule has 0 aromatic rings. The van der Waals surface area contributed by atoms with Crippen molar-refractivity contribution in [3.63, 3.8) is 0 Å². The zero-order valence-corrected chi connectivity index (χ0v) is 17.2. The van der Waals surface area contributed by atoms with Crippen molar-refractivity contribution in [1.82, 2.24) is 0 Å². The van der Waals surface area contributed by atoms with Gasteiger partial charge >= 0.3 is 0 Å². The first-order valence-corrected chi connectivity index (χ1v) is 9.08. The molecule has 23 heavy (non-hydrogen) atoms. The maximum atomic E-state index is 13.9. The van der Waals surface area contributed by atoms with Gasteiger partial charge in [0.15, 0.2) is 0 Å². The Morgan fingerprint density at radius 3 is 1.61 bits per heavy atom. The third kappa shape index (κ3) is 16.5. The first-order valence-electron chi connectivity index (χ1n) is 9.08. The van der Waals surface area contributed by atoms with Crippen LogP contribution in [0.2, 0.25) is 0 Å². The van der Waals surface area contributed by atoms with Crippen LogP contribution in [0.1, 0.15) is 88.0 Å². The van der Waals surface area contributed by atoms with Crippen molar-refractivity contribution in [3.8, 4) is 0 Å². The minimum Gasteiger partial charge on any atom is -0.394 e. The zero-order chi connectivity index (χ0) is 19.3. The summed E-state index contributed by atoms with van der Waals surface area (Å²) in [7, 11) is 0. The van der Waals surface area contributed by atoms with Gasteiger partial charge in [-0.3, -0.25) is 0 Å². The Balaban J connectivity index is -0.000000919. The first-order chi connectivity index (χ1) is 10.4. The van der Waals surface area contributed by atoms with Crippen LogP contribution in [0, 0.1) is 10.8 Å². The van der Waals surface area contributed by atoms with E-state index in [1.807, 2.05) is 27.7 Å². The molecule has 3 nitrogen and oxygen atoms in total. The fourth-order valence-corrected chi connectivity index (χ4v) is 2.79. The Morgan fingerprint density at radius 1 is 0.913 bits per heavy atom. The molecular weight excluding hydrogens is 293 g/mol. The summed E-state index contributed by atoms with van der Waals surface area (Å²) in [6.45, 7) is 18.1. The number of halogens is 1. The van der Waals surface area contributed by atoms with Gasteiger partial charge in [-0.15, -0.1) is 0 Å². The van der Waals surface area contributed by atoms with Crippen LogP contribution < -0.4 is 5.73 Å². The molecule has 0 saturated carbocycles. The van der Waals surface area contributed by atoms with Crippen LogP contribution in [0.25, 0.3) is 0 Å². The van der Waals surface area contributed by atoms with E-state index in [0.29, 0.717) is 6.42 Å². The number of hydrogen-bond donors (Lipinski definition) is 3. The highest BCUT2D eigenvalue weighted by atomic mass is 19.1. The largest absolute Gasteiger partial charge is 0.394 e. The molecule has 0 aromatic heterocycles. The SMILES string of the molecule is CC.CC.CC(C)(C)CC(C)(C)CCC(F)CC(N)(CO)CO. The molecule has 0 aromatic carbocycles. The van der Waals surface area contributed by atoms with Gasteiger partial charge in [-0.05, 0) is 30.1 Å². The third-order valence-corrected chi connectivity index (χ3v) is 3.40. The van der Waals surface area contributed by atoms with Crippen molar-refractivity contribution in [2.75, 3.05) is 13.2 Å². The Morgan fingerprint density at radius 2 is 1.30 bits per heavy atom. The summed E-state index contributed by atoms with van der Waals surface area (Å²) in [5.74, 6) is 0. The van der Waals surface area contributed by atoms with Gasteiger partial charge in [-0.2, -0.15) is 0 Å². The van der Waals surface area contributed by atoms with Crippen LogP contribution in [0.3, 0.4) is 0 Å². The third-order valence-electron chi connectivity index (χ3n) is 3.40. The lowest BCUT2D eigenvalue weighted by molar-refractivity contribution is 0.0833. The summed E-state index contributed by atoms with van der Waals surface area (Å²) in [6, 6.07) is 0. The predicted octanol–water partition coefficient (Wildman–Crippen LogP) is 4.69. The number of aliphatic hydroxyl groups excluding tert-OH is 2. The fraction of sp³-hybridized carbons (Fsp3) is 1.00. The van der Waals surface area contributed by atoms with Crippen LogP contribution in [0.15, 0.2) is 0 Å². The molecule has 0 rings (SSSR count). The normalized spacial score (nSPS) is 13.4. The minimum atomic E-state index is -1.20. The van der Waals surface area contributed by atoms with Gasteiger partial charge in [0.25, 0.3) is 0 Å². The second-order valence-electron chi connectivity index (χ2n) is 7.92. The van der Waals surface area contributed by atoms with E-state index in [1.54, 1.807) is 0 Å². The van der Waals surface area contributed by atoms with Crippen LogP contribution in [-0.2, 0) is 0 Å². The van der Waals surface area contributed by atoms with Gasteiger partial charge in [0, 0.05) is 6.42 Å². The van der Waals surface area contributed by atoms with Gasteiger partial charge in [0.05, 0.1) is 18.8 Å². The van der Waals surface area contributed by atoms with Gasteiger partial charge in [-0.25, -0.2) is 4.39 Å². The van der Waals surface area contributed by atoms with Gasteiger partial charge < -0.3 is 15.9 Å². The number of alkyl halides is 1. The molecular formula is C19H44FNO2. The van der Waals surface area contributed by atoms with E-state index < -0.39 is 24.9 Å². The van der Waals surface area contributed by atoms with E-state index in [1.165, 1.54) is 0 Å². The highest BCUT2D eigenvalue weighted by Gasteiger charge is 2.30. The molecule has 0 fully saturated rings. The molecule has 144 valence electrons. The predicted molar refractivity (Wildman–Crippen MR) is 100 cm³/mol. The lowest BCUT2D eigenvalue weighted by Crippen LogP contribution is -2.49. The Kier molecular flexibility index (Phi) is 15.8. The quantitative estimate of drug-likeness (QED) is 0.602. The molecule has 0 radical (unpaired) electrons. The van der Waals surface area contributed by atoms with Crippen molar-refractivity contribution in [3.05, 3.63) is 0 Å². The average Bonchev–Trinajstić information content (AvgIpc) is 2.47. The summed E-state index contributed by atoms with van der Waals surface area (Å²) in [5, 5.41) is 18.1. The van der Waals surface area contributed by atoms with E-state index >= 15 is 0 Å². The summed E-state index contributed by atoms with van der Waals surface area (Å²) >= 11 is 0. The molecule has 0 heterocycles. The highest BCUT2D eigenvalue weighted by molar-refractivity contribution is 4.86. The smallest absolute Gasteiger partial charge is 0.102 e. The molecule has 1 unspecified atom stereocenters. The average molecular weight is 338 g/mol.